The van der Waals surface area contributed by atoms with E-state index >= 15 is 0 Å². The Bertz CT molecular complexity index is 1310. The van der Waals surface area contributed by atoms with Gasteiger partial charge in [-0.15, -0.1) is 10.2 Å². The maximum absolute atomic E-state index is 13.0. The van der Waals surface area contributed by atoms with Crippen LogP contribution in [0.2, 0.25) is 0 Å². The lowest BCUT2D eigenvalue weighted by Crippen LogP contribution is -2.47. The highest BCUT2D eigenvalue weighted by atomic mass is 16.4. The fourth-order valence-corrected chi connectivity index (χ4v) is 4.28. The van der Waals surface area contributed by atoms with Crippen LogP contribution in [0.3, 0.4) is 0 Å². The molecule has 2 aromatic heterocycles. The second-order valence-electron chi connectivity index (χ2n) is 8.92. The zero-order chi connectivity index (χ0) is 24.9. The van der Waals surface area contributed by atoms with Crippen molar-refractivity contribution in [1.82, 2.24) is 25.5 Å². The van der Waals surface area contributed by atoms with Crippen LogP contribution in [-0.4, -0.2) is 48.5 Å². The Kier molecular flexibility index (Phi) is 7.24. The van der Waals surface area contributed by atoms with Gasteiger partial charge in [0, 0.05) is 29.5 Å². The number of carboxylic acid groups (broad SMARTS) is 1. The number of hydrogen-bond acceptors (Lipinski definition) is 6. The molecule has 4 rings (SSSR count). The molecule has 1 amide bonds. The van der Waals surface area contributed by atoms with Crippen molar-refractivity contribution in [3.8, 4) is 22.7 Å². The lowest BCUT2D eigenvalue weighted by atomic mass is 10.0. The Balaban J connectivity index is 1.67. The zero-order valence-electron chi connectivity index (χ0n) is 20.1. The van der Waals surface area contributed by atoms with Gasteiger partial charge < -0.3 is 14.4 Å². The molecular formula is C26H29N5O4. The molecule has 0 aliphatic carbocycles. The van der Waals surface area contributed by atoms with Crippen molar-refractivity contribution in [2.75, 3.05) is 0 Å². The average Bonchev–Trinajstić information content (AvgIpc) is 3.51. The summed E-state index contributed by atoms with van der Waals surface area (Å²) < 4.78 is 6.12. The maximum Gasteiger partial charge on any atom is 0.326 e. The largest absolute Gasteiger partial charge is 0.480 e. The monoisotopic (exact) mass is 475 g/mol. The first-order valence-electron chi connectivity index (χ1n) is 11.8. The van der Waals surface area contributed by atoms with Crippen molar-refractivity contribution < 1.29 is 19.1 Å². The SMILES string of the molecule is CCCCC(=O)N(Cc1ccc2oc(-c3ccccc3-c3nn[nH]n3)cc2c1)[C@H](C(=O)O)C(C)C. The summed E-state index contributed by atoms with van der Waals surface area (Å²) in [5, 5.41) is 25.0. The predicted octanol–water partition coefficient (Wildman–Crippen LogP) is 4.91. The summed E-state index contributed by atoms with van der Waals surface area (Å²) >= 11 is 0. The van der Waals surface area contributed by atoms with Gasteiger partial charge in [-0.2, -0.15) is 5.21 Å². The van der Waals surface area contributed by atoms with Gasteiger partial charge in [-0.25, -0.2) is 4.79 Å². The lowest BCUT2D eigenvalue weighted by molar-refractivity contribution is -0.153. The van der Waals surface area contributed by atoms with Gasteiger partial charge in [0.2, 0.25) is 11.7 Å². The number of nitrogens with zero attached hydrogens (tertiary/aromatic N) is 4. The number of amides is 1. The molecule has 2 aromatic carbocycles. The number of aromatic nitrogens is 4. The van der Waals surface area contributed by atoms with E-state index in [1.165, 1.54) is 4.90 Å². The predicted molar refractivity (Wildman–Crippen MR) is 131 cm³/mol. The molecule has 2 heterocycles. The van der Waals surface area contributed by atoms with E-state index in [2.05, 4.69) is 20.6 Å². The third kappa shape index (κ3) is 5.24. The van der Waals surface area contributed by atoms with Gasteiger partial charge in [0.05, 0.1) is 0 Å². The third-order valence-corrected chi connectivity index (χ3v) is 6.00. The number of aromatic amines is 1. The quantitative estimate of drug-likeness (QED) is 0.334. The van der Waals surface area contributed by atoms with E-state index in [4.69, 9.17) is 4.42 Å². The van der Waals surface area contributed by atoms with E-state index in [9.17, 15) is 14.7 Å². The average molecular weight is 476 g/mol. The molecule has 0 saturated carbocycles. The van der Waals surface area contributed by atoms with E-state index in [1.54, 1.807) is 0 Å². The van der Waals surface area contributed by atoms with E-state index in [1.807, 2.05) is 69.3 Å². The molecule has 1 atom stereocenters. The van der Waals surface area contributed by atoms with Crippen LogP contribution in [0, 0.1) is 5.92 Å². The van der Waals surface area contributed by atoms with Gasteiger partial charge in [-0.1, -0.05) is 57.5 Å². The molecule has 0 fully saturated rings. The highest BCUT2D eigenvalue weighted by molar-refractivity contribution is 5.88. The fourth-order valence-electron chi connectivity index (χ4n) is 4.28. The summed E-state index contributed by atoms with van der Waals surface area (Å²) in [6.07, 6.45) is 1.93. The Hall–Kier alpha value is -4.01. The Morgan fingerprint density at radius 2 is 1.89 bits per heavy atom. The van der Waals surface area contributed by atoms with Crippen LogP contribution in [0.4, 0.5) is 0 Å². The van der Waals surface area contributed by atoms with Crippen LogP contribution >= 0.6 is 0 Å². The first-order valence-corrected chi connectivity index (χ1v) is 11.8. The molecule has 9 nitrogen and oxygen atoms in total. The zero-order valence-corrected chi connectivity index (χ0v) is 20.1. The highest BCUT2D eigenvalue weighted by Gasteiger charge is 2.32. The lowest BCUT2D eigenvalue weighted by Gasteiger charge is -2.31. The van der Waals surface area contributed by atoms with Crippen LogP contribution in [-0.2, 0) is 16.1 Å². The summed E-state index contributed by atoms with van der Waals surface area (Å²) in [6.45, 7) is 5.88. The summed E-state index contributed by atoms with van der Waals surface area (Å²) in [6, 6.07) is 14.3. The van der Waals surface area contributed by atoms with E-state index < -0.39 is 12.0 Å². The molecule has 0 unspecified atom stereocenters. The molecule has 0 radical (unpaired) electrons. The topological polar surface area (TPSA) is 125 Å². The van der Waals surface area contributed by atoms with Crippen molar-refractivity contribution in [1.29, 1.82) is 0 Å². The molecule has 0 spiro atoms. The van der Waals surface area contributed by atoms with Crippen molar-refractivity contribution >= 4 is 22.8 Å². The molecule has 182 valence electrons. The van der Waals surface area contributed by atoms with E-state index in [0.717, 1.165) is 34.9 Å². The van der Waals surface area contributed by atoms with Crippen molar-refractivity contribution in [2.24, 2.45) is 5.92 Å². The van der Waals surface area contributed by atoms with Crippen LogP contribution in [0.25, 0.3) is 33.7 Å². The summed E-state index contributed by atoms with van der Waals surface area (Å²) in [4.78, 5) is 26.5. The Morgan fingerprint density at radius 1 is 1.11 bits per heavy atom. The molecule has 0 aliphatic rings. The number of carbonyl (C=O) groups excluding carboxylic acids is 1. The van der Waals surface area contributed by atoms with Gasteiger partial charge in [-0.05, 0) is 41.3 Å². The molecule has 2 N–H and O–H groups in total. The standard InChI is InChI=1S/C26H29N5O4/c1-4-5-10-23(32)31(24(16(2)3)26(33)34)15-17-11-12-21-18(13-17)14-22(35-21)19-8-6-7-9-20(19)25-27-29-30-28-25/h6-9,11-14,16,24H,4-5,10,15H2,1-3H3,(H,33,34)(H,27,28,29,30)/t24-/m0/s1. The first-order chi connectivity index (χ1) is 16.9. The minimum Gasteiger partial charge on any atom is -0.480 e. The van der Waals surface area contributed by atoms with Crippen LogP contribution < -0.4 is 0 Å². The number of nitrogens with one attached hydrogen (secondary N) is 1. The Morgan fingerprint density at radius 3 is 2.54 bits per heavy atom. The van der Waals surface area contributed by atoms with Gasteiger partial charge in [0.15, 0.2) is 0 Å². The van der Waals surface area contributed by atoms with Gasteiger partial charge >= 0.3 is 5.97 Å². The molecule has 0 saturated heterocycles. The molecule has 35 heavy (non-hydrogen) atoms. The van der Waals surface area contributed by atoms with Crippen molar-refractivity contribution in [3.05, 3.63) is 54.1 Å². The molecule has 0 aliphatic heterocycles. The number of furan rings is 1. The summed E-state index contributed by atoms with van der Waals surface area (Å²) in [7, 11) is 0. The van der Waals surface area contributed by atoms with E-state index in [0.29, 0.717) is 23.6 Å². The number of tetrazole rings is 1. The number of H-pyrrole nitrogens is 1. The number of fused-ring (bicyclic) bond motifs is 1. The molecule has 9 heteroatoms. The van der Waals surface area contributed by atoms with Crippen molar-refractivity contribution in [3.63, 3.8) is 0 Å². The molecule has 0 bridgehead atoms. The van der Waals surface area contributed by atoms with Crippen LogP contribution in [0.1, 0.15) is 45.6 Å². The highest BCUT2D eigenvalue weighted by Crippen LogP contribution is 2.34. The van der Waals surface area contributed by atoms with Gasteiger partial charge in [0.1, 0.15) is 17.4 Å². The minimum atomic E-state index is -0.991. The second-order valence-corrected chi connectivity index (χ2v) is 8.92. The second kappa shape index (κ2) is 10.5. The summed E-state index contributed by atoms with van der Waals surface area (Å²) in [5.74, 6) is -0.232. The number of rotatable bonds is 10. The Labute approximate surface area is 203 Å². The number of hydrogen-bond donors (Lipinski definition) is 2. The van der Waals surface area contributed by atoms with Crippen LogP contribution in [0.15, 0.2) is 52.9 Å². The summed E-state index contributed by atoms with van der Waals surface area (Å²) in [5.41, 5.74) is 3.14. The normalized spacial score (nSPS) is 12.2. The maximum atomic E-state index is 13.0. The number of benzene rings is 2. The molecule has 4 aromatic rings. The smallest absolute Gasteiger partial charge is 0.326 e. The number of carbonyl (C=O) groups is 2. The van der Waals surface area contributed by atoms with Crippen LogP contribution in [0.5, 0.6) is 0 Å². The van der Waals surface area contributed by atoms with E-state index in [-0.39, 0.29) is 18.4 Å². The number of carboxylic acids is 1. The third-order valence-electron chi connectivity index (χ3n) is 6.00. The number of unbranched alkanes of at least 4 members (excludes halogenated alkanes) is 1. The van der Waals surface area contributed by atoms with Crippen molar-refractivity contribution in [2.45, 2.75) is 52.6 Å². The molecular weight excluding hydrogens is 446 g/mol. The fraction of sp³-hybridized carbons (Fsp3) is 0.346. The number of aliphatic carboxylic acids is 1. The van der Waals surface area contributed by atoms with Gasteiger partial charge in [0.25, 0.3) is 0 Å². The first kappa shape index (κ1) is 24.1. The van der Waals surface area contributed by atoms with Gasteiger partial charge in [-0.3, -0.25) is 4.79 Å². The minimum absolute atomic E-state index is 0.144.